The molecule has 0 aliphatic heterocycles. The highest BCUT2D eigenvalue weighted by atomic mass is 32.1. The molecule has 136 valence electrons. The van der Waals surface area contributed by atoms with Gasteiger partial charge in [-0.1, -0.05) is 6.07 Å². The molecule has 0 bridgehead atoms. The van der Waals surface area contributed by atoms with Gasteiger partial charge in [-0.2, -0.15) is 0 Å². The molecule has 3 aromatic rings. The smallest absolute Gasteiger partial charge is 0.227 e. The molecule has 0 atom stereocenters. The van der Waals surface area contributed by atoms with Gasteiger partial charge >= 0.3 is 0 Å². The Labute approximate surface area is 156 Å². The SMILES string of the molecule is COCCNCCNc1cccc(Nc2nccc(-c3nccs3)n2)c1. The fraction of sp³-hybridized carbons (Fsp3) is 0.278. The zero-order valence-corrected chi connectivity index (χ0v) is 15.4. The molecule has 8 heteroatoms. The number of ether oxygens (including phenoxy) is 1. The van der Waals surface area contributed by atoms with Crippen LogP contribution in [0.25, 0.3) is 10.7 Å². The van der Waals surface area contributed by atoms with Gasteiger partial charge in [-0.05, 0) is 24.3 Å². The van der Waals surface area contributed by atoms with Crippen molar-refractivity contribution in [3.05, 3.63) is 48.1 Å². The first-order chi connectivity index (χ1) is 12.8. The minimum absolute atomic E-state index is 0.552. The molecule has 7 nitrogen and oxygen atoms in total. The molecule has 2 aromatic heterocycles. The number of aromatic nitrogens is 3. The maximum absolute atomic E-state index is 5.00. The number of hydrogen-bond acceptors (Lipinski definition) is 8. The van der Waals surface area contributed by atoms with Crippen LogP contribution in [0, 0.1) is 0 Å². The molecule has 0 radical (unpaired) electrons. The monoisotopic (exact) mass is 370 g/mol. The van der Waals surface area contributed by atoms with Crippen molar-refractivity contribution in [2.24, 2.45) is 0 Å². The van der Waals surface area contributed by atoms with E-state index in [9.17, 15) is 0 Å². The molecule has 0 spiro atoms. The highest BCUT2D eigenvalue weighted by molar-refractivity contribution is 7.13. The lowest BCUT2D eigenvalue weighted by Crippen LogP contribution is -2.25. The topological polar surface area (TPSA) is 84.0 Å². The lowest BCUT2D eigenvalue weighted by molar-refractivity contribution is 0.200. The van der Waals surface area contributed by atoms with Gasteiger partial charge in [0.25, 0.3) is 0 Å². The maximum atomic E-state index is 5.00. The summed E-state index contributed by atoms with van der Waals surface area (Å²) in [4.78, 5) is 13.1. The Balaban J connectivity index is 1.56. The summed E-state index contributed by atoms with van der Waals surface area (Å²) >= 11 is 1.56. The summed E-state index contributed by atoms with van der Waals surface area (Å²) < 4.78 is 5.00. The van der Waals surface area contributed by atoms with Crippen LogP contribution in [-0.4, -0.2) is 48.3 Å². The number of thiazole rings is 1. The van der Waals surface area contributed by atoms with Crippen LogP contribution >= 0.6 is 11.3 Å². The van der Waals surface area contributed by atoms with Gasteiger partial charge in [-0.3, -0.25) is 0 Å². The molecule has 3 rings (SSSR count). The quantitative estimate of drug-likeness (QED) is 0.473. The van der Waals surface area contributed by atoms with Crippen LogP contribution in [0.15, 0.2) is 48.1 Å². The van der Waals surface area contributed by atoms with Gasteiger partial charge in [0.2, 0.25) is 5.95 Å². The van der Waals surface area contributed by atoms with Crippen molar-refractivity contribution in [3.63, 3.8) is 0 Å². The summed E-state index contributed by atoms with van der Waals surface area (Å²) in [5, 5.41) is 12.8. The van der Waals surface area contributed by atoms with Gasteiger partial charge < -0.3 is 20.7 Å². The third-order valence-corrected chi connectivity index (χ3v) is 4.34. The molecule has 0 unspecified atom stereocenters. The number of rotatable bonds is 10. The lowest BCUT2D eigenvalue weighted by atomic mass is 10.2. The van der Waals surface area contributed by atoms with Crippen LogP contribution in [0.1, 0.15) is 0 Å². The first-order valence-corrected chi connectivity index (χ1v) is 9.26. The summed E-state index contributed by atoms with van der Waals surface area (Å²) in [6, 6.07) is 9.91. The van der Waals surface area contributed by atoms with Crippen molar-refractivity contribution >= 4 is 28.7 Å². The number of hydrogen-bond donors (Lipinski definition) is 3. The highest BCUT2D eigenvalue weighted by Gasteiger charge is 2.05. The van der Waals surface area contributed by atoms with Crippen molar-refractivity contribution in [1.82, 2.24) is 20.3 Å². The highest BCUT2D eigenvalue weighted by Crippen LogP contribution is 2.22. The number of nitrogens with zero attached hydrogens (tertiary/aromatic N) is 3. The van der Waals surface area contributed by atoms with Crippen molar-refractivity contribution in [2.45, 2.75) is 0 Å². The normalized spacial score (nSPS) is 10.7. The Morgan fingerprint density at radius 3 is 2.81 bits per heavy atom. The van der Waals surface area contributed by atoms with E-state index in [1.807, 2.05) is 35.7 Å². The summed E-state index contributed by atoms with van der Waals surface area (Å²) in [6.07, 6.45) is 3.51. The van der Waals surface area contributed by atoms with Crippen molar-refractivity contribution in [2.75, 3.05) is 44.0 Å². The maximum Gasteiger partial charge on any atom is 0.227 e. The number of nitrogens with one attached hydrogen (secondary N) is 3. The molecule has 0 saturated carbocycles. The van der Waals surface area contributed by atoms with E-state index in [1.165, 1.54) is 0 Å². The number of methoxy groups -OCH3 is 1. The third kappa shape index (κ3) is 5.48. The zero-order chi connectivity index (χ0) is 18.0. The second-order valence-corrected chi connectivity index (χ2v) is 6.37. The van der Waals surface area contributed by atoms with Crippen LogP contribution in [-0.2, 0) is 4.74 Å². The average molecular weight is 370 g/mol. The Morgan fingerprint density at radius 2 is 1.96 bits per heavy atom. The van der Waals surface area contributed by atoms with E-state index in [-0.39, 0.29) is 0 Å². The fourth-order valence-corrected chi connectivity index (χ4v) is 2.93. The average Bonchev–Trinajstić information content (AvgIpc) is 3.20. The third-order valence-electron chi connectivity index (χ3n) is 3.54. The minimum atomic E-state index is 0.552. The molecule has 0 fully saturated rings. The second-order valence-electron chi connectivity index (χ2n) is 5.48. The second kappa shape index (κ2) is 9.81. The number of anilines is 3. The lowest BCUT2D eigenvalue weighted by Gasteiger charge is -2.10. The number of benzene rings is 1. The van der Waals surface area contributed by atoms with Gasteiger partial charge in [-0.25, -0.2) is 15.0 Å². The van der Waals surface area contributed by atoms with Crippen LogP contribution in [0.4, 0.5) is 17.3 Å². The molecule has 0 saturated heterocycles. The fourth-order valence-electron chi connectivity index (χ4n) is 2.32. The predicted molar refractivity (Wildman–Crippen MR) is 106 cm³/mol. The van der Waals surface area contributed by atoms with E-state index in [4.69, 9.17) is 4.74 Å². The molecule has 0 aliphatic carbocycles. The van der Waals surface area contributed by atoms with E-state index in [2.05, 4.69) is 30.9 Å². The van der Waals surface area contributed by atoms with E-state index in [0.717, 1.165) is 48.3 Å². The van der Waals surface area contributed by atoms with Crippen LogP contribution in [0.2, 0.25) is 0 Å². The van der Waals surface area contributed by atoms with Gasteiger partial charge in [-0.15, -0.1) is 11.3 Å². The summed E-state index contributed by atoms with van der Waals surface area (Å²) in [7, 11) is 1.70. The molecular weight excluding hydrogens is 348 g/mol. The summed E-state index contributed by atoms with van der Waals surface area (Å²) in [5.74, 6) is 0.552. The van der Waals surface area contributed by atoms with E-state index in [1.54, 1.807) is 30.8 Å². The molecular formula is C18H22N6OS. The van der Waals surface area contributed by atoms with Gasteiger partial charge in [0.1, 0.15) is 10.7 Å². The van der Waals surface area contributed by atoms with Gasteiger partial charge in [0, 0.05) is 55.9 Å². The van der Waals surface area contributed by atoms with Crippen LogP contribution < -0.4 is 16.0 Å². The van der Waals surface area contributed by atoms with Gasteiger partial charge in [0.05, 0.1) is 6.61 Å². The van der Waals surface area contributed by atoms with Crippen LogP contribution in [0.3, 0.4) is 0 Å². The molecule has 26 heavy (non-hydrogen) atoms. The minimum Gasteiger partial charge on any atom is -0.384 e. The first kappa shape index (κ1) is 18.2. The Morgan fingerprint density at radius 1 is 1.04 bits per heavy atom. The van der Waals surface area contributed by atoms with E-state index >= 15 is 0 Å². The molecule has 3 N–H and O–H groups in total. The largest absolute Gasteiger partial charge is 0.384 e. The molecule has 0 aliphatic rings. The van der Waals surface area contributed by atoms with Crippen molar-refractivity contribution < 1.29 is 4.74 Å². The van der Waals surface area contributed by atoms with E-state index in [0.29, 0.717) is 5.95 Å². The van der Waals surface area contributed by atoms with Crippen molar-refractivity contribution in [1.29, 1.82) is 0 Å². The summed E-state index contributed by atoms with van der Waals surface area (Å²) in [5.41, 5.74) is 2.78. The molecule has 0 amide bonds. The zero-order valence-electron chi connectivity index (χ0n) is 14.6. The summed E-state index contributed by atoms with van der Waals surface area (Å²) in [6.45, 7) is 3.29. The van der Waals surface area contributed by atoms with E-state index < -0.39 is 0 Å². The Kier molecular flexibility index (Phi) is 6.88. The predicted octanol–water partition coefficient (Wildman–Crippen LogP) is 2.99. The molecule has 1 aromatic carbocycles. The Bertz CT molecular complexity index is 796. The first-order valence-electron chi connectivity index (χ1n) is 8.38. The molecule has 2 heterocycles. The Hall–Kier alpha value is -2.55. The van der Waals surface area contributed by atoms with Crippen molar-refractivity contribution in [3.8, 4) is 10.7 Å². The van der Waals surface area contributed by atoms with Crippen LogP contribution in [0.5, 0.6) is 0 Å². The standard InChI is InChI=1S/C18H22N6OS/c1-25-11-9-19-7-8-20-14-3-2-4-15(13-14)23-18-22-6-5-16(24-18)17-21-10-12-26-17/h2-6,10,12-13,19-20H,7-9,11H2,1H3,(H,22,23,24). The van der Waals surface area contributed by atoms with Gasteiger partial charge in [0.15, 0.2) is 0 Å².